The molecule has 2 fully saturated rings. The first kappa shape index (κ1) is 19.5. The average molecular weight is 396 g/mol. The molecule has 2 amide bonds. The highest BCUT2D eigenvalue weighted by molar-refractivity contribution is 6.06. The lowest BCUT2D eigenvalue weighted by molar-refractivity contribution is -0.140. The predicted octanol–water partition coefficient (Wildman–Crippen LogP) is 1.21. The number of hydrogen-bond acceptors (Lipinski definition) is 4. The molecule has 4 rings (SSSR count). The molecule has 0 radical (unpaired) electrons. The average Bonchev–Trinajstić information content (AvgIpc) is 3.42. The lowest BCUT2D eigenvalue weighted by Gasteiger charge is -2.18. The minimum absolute atomic E-state index is 0.000351. The second-order valence-electron chi connectivity index (χ2n) is 7.86. The summed E-state index contributed by atoms with van der Waals surface area (Å²) in [5.74, 6) is 1.76. The Morgan fingerprint density at radius 2 is 1.83 bits per heavy atom. The molecule has 2 aliphatic carbocycles. The topological polar surface area (TPSA) is 83.0 Å². The van der Waals surface area contributed by atoms with E-state index in [1.165, 1.54) is 10.5 Å². The molecule has 29 heavy (non-hydrogen) atoms. The van der Waals surface area contributed by atoms with E-state index < -0.39 is 0 Å². The number of carbonyl (C=O) groups excluding carboxylic acids is 2. The lowest BCUT2D eigenvalue weighted by atomic mass is 9.85. The zero-order valence-corrected chi connectivity index (χ0v) is 16.9. The highest BCUT2D eigenvalue weighted by atomic mass is 16.5. The Balaban J connectivity index is 1.22. The largest absolute Gasteiger partial charge is 0.497 e. The van der Waals surface area contributed by atoms with Gasteiger partial charge >= 0.3 is 0 Å². The molecule has 1 saturated carbocycles. The van der Waals surface area contributed by atoms with Crippen molar-refractivity contribution in [1.82, 2.24) is 15.5 Å². The van der Waals surface area contributed by atoms with Crippen LogP contribution in [0.5, 0.6) is 5.75 Å². The van der Waals surface area contributed by atoms with Crippen LogP contribution in [0.2, 0.25) is 0 Å². The van der Waals surface area contributed by atoms with Gasteiger partial charge in [-0.05, 0) is 42.4 Å². The quantitative estimate of drug-likeness (QED) is 0.313. The number of ether oxygens (including phenoxy) is 1. The van der Waals surface area contributed by atoms with E-state index in [2.05, 4.69) is 33.8 Å². The van der Waals surface area contributed by atoms with E-state index in [4.69, 9.17) is 4.74 Å². The second-order valence-corrected chi connectivity index (χ2v) is 7.86. The summed E-state index contributed by atoms with van der Waals surface area (Å²) < 4.78 is 5.25. The molecular weight excluding hydrogens is 368 g/mol. The third-order valence-electron chi connectivity index (χ3n) is 6.25. The van der Waals surface area contributed by atoms with Gasteiger partial charge in [0.2, 0.25) is 11.8 Å². The Kier molecular flexibility index (Phi) is 5.56. The van der Waals surface area contributed by atoms with Crippen molar-refractivity contribution in [3.8, 4) is 5.75 Å². The van der Waals surface area contributed by atoms with Gasteiger partial charge in [0, 0.05) is 26.7 Å². The van der Waals surface area contributed by atoms with Gasteiger partial charge in [0.15, 0.2) is 5.96 Å². The van der Waals surface area contributed by atoms with Crippen LogP contribution in [-0.4, -0.2) is 56.5 Å². The van der Waals surface area contributed by atoms with Gasteiger partial charge in [-0.2, -0.15) is 0 Å². The van der Waals surface area contributed by atoms with Gasteiger partial charge in [0.05, 0.1) is 18.9 Å². The molecule has 0 spiro atoms. The maximum absolute atomic E-state index is 12.7. The monoisotopic (exact) mass is 396 g/mol. The van der Waals surface area contributed by atoms with E-state index in [1.54, 1.807) is 14.2 Å². The zero-order valence-electron chi connectivity index (χ0n) is 16.9. The fourth-order valence-corrected chi connectivity index (χ4v) is 4.84. The molecular formula is C22H28N4O3. The Morgan fingerprint density at radius 1 is 1.14 bits per heavy atom. The summed E-state index contributed by atoms with van der Waals surface area (Å²) in [5, 5.41) is 6.47. The molecule has 4 unspecified atom stereocenters. The molecule has 2 bridgehead atoms. The molecule has 1 aromatic carbocycles. The number of allylic oxidation sites excluding steroid dienone is 2. The van der Waals surface area contributed by atoms with Crippen LogP contribution in [0, 0.1) is 23.7 Å². The molecule has 1 aliphatic heterocycles. The highest BCUT2D eigenvalue weighted by Crippen LogP contribution is 2.52. The number of aliphatic imine (C=N–C) groups is 1. The number of guanidine groups is 1. The first-order chi connectivity index (χ1) is 14.1. The van der Waals surface area contributed by atoms with Crippen molar-refractivity contribution < 1.29 is 14.3 Å². The van der Waals surface area contributed by atoms with Crippen LogP contribution in [0.15, 0.2) is 41.4 Å². The molecule has 2 N–H and O–H groups in total. The van der Waals surface area contributed by atoms with Gasteiger partial charge in [-0.3, -0.25) is 19.5 Å². The van der Waals surface area contributed by atoms with Crippen LogP contribution in [0.4, 0.5) is 0 Å². The summed E-state index contributed by atoms with van der Waals surface area (Å²) in [6, 6.07) is 7.97. The maximum Gasteiger partial charge on any atom is 0.233 e. The molecule has 1 aromatic rings. The van der Waals surface area contributed by atoms with E-state index in [9.17, 15) is 9.59 Å². The Morgan fingerprint density at radius 3 is 2.48 bits per heavy atom. The number of imide groups is 1. The first-order valence-electron chi connectivity index (χ1n) is 10.2. The summed E-state index contributed by atoms with van der Waals surface area (Å²) in [6.07, 6.45) is 6.03. The molecule has 3 aliphatic rings. The van der Waals surface area contributed by atoms with Crippen molar-refractivity contribution in [1.29, 1.82) is 0 Å². The van der Waals surface area contributed by atoms with Crippen LogP contribution in [0.25, 0.3) is 0 Å². The predicted molar refractivity (Wildman–Crippen MR) is 110 cm³/mol. The summed E-state index contributed by atoms with van der Waals surface area (Å²) in [4.78, 5) is 31.1. The lowest BCUT2D eigenvalue weighted by Crippen LogP contribution is -2.44. The molecule has 1 heterocycles. The number of hydrogen-bond donors (Lipinski definition) is 2. The van der Waals surface area contributed by atoms with E-state index in [0.29, 0.717) is 25.6 Å². The second kappa shape index (κ2) is 8.27. The van der Waals surface area contributed by atoms with Crippen LogP contribution < -0.4 is 15.4 Å². The van der Waals surface area contributed by atoms with E-state index >= 15 is 0 Å². The summed E-state index contributed by atoms with van der Waals surface area (Å²) in [6.45, 7) is 1.58. The molecule has 1 saturated heterocycles. The molecule has 154 valence electrons. The van der Waals surface area contributed by atoms with Crippen molar-refractivity contribution in [3.63, 3.8) is 0 Å². The van der Waals surface area contributed by atoms with E-state index in [0.717, 1.165) is 18.6 Å². The smallest absolute Gasteiger partial charge is 0.233 e. The van der Waals surface area contributed by atoms with Gasteiger partial charge in [-0.1, -0.05) is 24.3 Å². The molecule has 0 aromatic heterocycles. The Hall–Kier alpha value is -2.83. The number of nitrogens with zero attached hydrogens (tertiary/aromatic N) is 2. The number of nitrogens with one attached hydrogen (secondary N) is 2. The fraction of sp³-hybridized carbons (Fsp3) is 0.500. The minimum atomic E-state index is -0.127. The number of methoxy groups -OCH3 is 1. The van der Waals surface area contributed by atoms with Gasteiger partial charge < -0.3 is 15.4 Å². The summed E-state index contributed by atoms with van der Waals surface area (Å²) in [5.41, 5.74) is 1.18. The van der Waals surface area contributed by atoms with Crippen molar-refractivity contribution in [2.24, 2.45) is 28.7 Å². The van der Waals surface area contributed by atoms with Gasteiger partial charge in [0.1, 0.15) is 5.75 Å². The fourth-order valence-electron chi connectivity index (χ4n) is 4.84. The summed E-state index contributed by atoms with van der Waals surface area (Å²) >= 11 is 0. The van der Waals surface area contributed by atoms with E-state index in [1.807, 2.05) is 18.2 Å². The highest BCUT2D eigenvalue weighted by Gasteiger charge is 2.58. The Labute approximate surface area is 171 Å². The SMILES string of the molecule is CN=C(NCCc1cccc(OC)c1)NCCN1C(=O)C2C3C=CC(C3)C2C1=O. The standard InChI is InChI=1S/C22H28N4O3/c1-23-22(24-9-8-14-4-3-5-17(12-14)29-2)25-10-11-26-20(27)18-15-6-7-16(13-15)19(18)21(26)28/h3-7,12,15-16,18-19H,8-11,13H2,1-2H3,(H2,23,24,25). The van der Waals surface area contributed by atoms with Crippen LogP contribution in [0.1, 0.15) is 12.0 Å². The van der Waals surface area contributed by atoms with Gasteiger partial charge in [-0.15, -0.1) is 0 Å². The number of fused-ring (bicyclic) bond motifs is 5. The van der Waals surface area contributed by atoms with Crippen LogP contribution in [-0.2, 0) is 16.0 Å². The van der Waals surface area contributed by atoms with Crippen LogP contribution in [0.3, 0.4) is 0 Å². The number of carbonyl (C=O) groups is 2. The third kappa shape index (κ3) is 3.73. The Bertz CT molecular complexity index is 820. The van der Waals surface area contributed by atoms with Crippen LogP contribution >= 0.6 is 0 Å². The van der Waals surface area contributed by atoms with Crippen molar-refractivity contribution in [2.75, 3.05) is 33.8 Å². The van der Waals surface area contributed by atoms with Crippen molar-refractivity contribution in [2.45, 2.75) is 12.8 Å². The number of likely N-dealkylation sites (tertiary alicyclic amines) is 1. The normalized spacial score (nSPS) is 27.5. The third-order valence-corrected chi connectivity index (χ3v) is 6.25. The first-order valence-corrected chi connectivity index (χ1v) is 10.2. The minimum Gasteiger partial charge on any atom is -0.497 e. The van der Waals surface area contributed by atoms with Crippen molar-refractivity contribution >= 4 is 17.8 Å². The molecule has 4 atom stereocenters. The maximum atomic E-state index is 12.7. The summed E-state index contributed by atoms with van der Waals surface area (Å²) in [7, 11) is 3.37. The number of rotatable bonds is 7. The zero-order chi connectivity index (χ0) is 20.4. The van der Waals surface area contributed by atoms with Gasteiger partial charge in [0.25, 0.3) is 0 Å². The van der Waals surface area contributed by atoms with E-state index in [-0.39, 0.29) is 35.5 Å². The molecule has 7 heteroatoms. The van der Waals surface area contributed by atoms with Gasteiger partial charge in [-0.25, -0.2) is 0 Å². The number of amides is 2. The molecule has 7 nitrogen and oxygen atoms in total. The van der Waals surface area contributed by atoms with Crippen molar-refractivity contribution in [3.05, 3.63) is 42.0 Å². The number of benzene rings is 1.